The van der Waals surface area contributed by atoms with E-state index in [-0.39, 0.29) is 23.9 Å². The van der Waals surface area contributed by atoms with Gasteiger partial charge in [-0.1, -0.05) is 30.3 Å². The molecule has 0 aromatic heterocycles. The van der Waals surface area contributed by atoms with Gasteiger partial charge < -0.3 is 10.2 Å². The van der Waals surface area contributed by atoms with Gasteiger partial charge in [0.25, 0.3) is 0 Å². The Kier molecular flexibility index (Phi) is 6.85. The molecule has 0 saturated carbocycles. The summed E-state index contributed by atoms with van der Waals surface area (Å²) < 4.78 is 0. The molecule has 1 unspecified atom stereocenters. The molecule has 148 valence electrons. The zero-order valence-electron chi connectivity index (χ0n) is 16.6. The van der Waals surface area contributed by atoms with Crippen molar-refractivity contribution in [1.82, 2.24) is 20.0 Å². The normalized spacial score (nSPS) is 20.0. The van der Waals surface area contributed by atoms with Gasteiger partial charge in [0.1, 0.15) is 6.04 Å². The van der Waals surface area contributed by atoms with Crippen LogP contribution in [0.5, 0.6) is 0 Å². The monoisotopic (exact) mass is 372 g/mol. The Hall–Kier alpha value is -1.92. The summed E-state index contributed by atoms with van der Waals surface area (Å²) in [5.74, 6) is 0.302. The van der Waals surface area contributed by atoms with Gasteiger partial charge in [-0.15, -0.1) is 0 Å². The fraction of sp³-hybridized carbons (Fsp3) is 0.619. The summed E-state index contributed by atoms with van der Waals surface area (Å²) in [4.78, 5) is 31.7. The van der Waals surface area contributed by atoms with Crippen LogP contribution >= 0.6 is 0 Å². The van der Waals surface area contributed by atoms with Crippen molar-refractivity contribution in [2.75, 3.05) is 45.8 Å². The van der Waals surface area contributed by atoms with E-state index in [1.54, 1.807) is 0 Å². The summed E-state index contributed by atoms with van der Waals surface area (Å²) >= 11 is 0. The zero-order valence-corrected chi connectivity index (χ0v) is 16.6. The number of likely N-dealkylation sites (tertiary alicyclic amines) is 1. The van der Waals surface area contributed by atoms with Crippen LogP contribution in [-0.2, 0) is 9.59 Å². The van der Waals surface area contributed by atoms with Gasteiger partial charge in [-0.2, -0.15) is 0 Å². The van der Waals surface area contributed by atoms with E-state index in [9.17, 15) is 9.59 Å². The molecule has 0 radical (unpaired) electrons. The third-order valence-corrected chi connectivity index (χ3v) is 5.36. The molecule has 1 atom stereocenters. The highest BCUT2D eigenvalue weighted by Crippen LogP contribution is 2.26. The van der Waals surface area contributed by atoms with E-state index in [2.05, 4.69) is 27.2 Å². The molecule has 1 aromatic carbocycles. The lowest BCUT2D eigenvalue weighted by Crippen LogP contribution is -2.53. The van der Waals surface area contributed by atoms with Crippen molar-refractivity contribution < 1.29 is 9.59 Å². The molecule has 2 aliphatic heterocycles. The minimum atomic E-state index is -0.212. The summed E-state index contributed by atoms with van der Waals surface area (Å²) in [6.45, 7) is 9.35. The summed E-state index contributed by atoms with van der Waals surface area (Å²) in [6.07, 6.45) is 2.21. The molecule has 3 rings (SSSR count). The van der Waals surface area contributed by atoms with Crippen molar-refractivity contribution in [3.63, 3.8) is 0 Å². The molecule has 0 aliphatic carbocycles. The smallest absolute Gasteiger partial charge is 0.244 e. The van der Waals surface area contributed by atoms with Crippen LogP contribution in [0.1, 0.15) is 38.3 Å². The highest BCUT2D eigenvalue weighted by Gasteiger charge is 2.34. The molecular formula is C21H32N4O2. The minimum absolute atomic E-state index is 0.0752. The molecule has 1 aromatic rings. The highest BCUT2D eigenvalue weighted by molar-refractivity contribution is 5.83. The van der Waals surface area contributed by atoms with Crippen LogP contribution in [0.25, 0.3) is 0 Å². The van der Waals surface area contributed by atoms with E-state index < -0.39 is 0 Å². The van der Waals surface area contributed by atoms with Crippen molar-refractivity contribution in [3.8, 4) is 0 Å². The number of hydrogen-bond acceptors (Lipinski definition) is 4. The molecule has 27 heavy (non-hydrogen) atoms. The third kappa shape index (κ3) is 5.30. The minimum Gasteiger partial charge on any atom is -0.353 e. The average molecular weight is 373 g/mol. The largest absolute Gasteiger partial charge is 0.353 e. The van der Waals surface area contributed by atoms with Crippen molar-refractivity contribution in [1.29, 1.82) is 0 Å². The quantitative estimate of drug-likeness (QED) is 0.822. The van der Waals surface area contributed by atoms with Gasteiger partial charge in [0, 0.05) is 45.3 Å². The first-order valence-electron chi connectivity index (χ1n) is 10.1. The summed E-state index contributed by atoms with van der Waals surface area (Å²) in [5, 5.41) is 2.95. The second-order valence-electron chi connectivity index (χ2n) is 7.88. The third-order valence-electron chi connectivity index (χ3n) is 5.36. The Morgan fingerprint density at radius 3 is 2.19 bits per heavy atom. The second kappa shape index (κ2) is 9.33. The Bertz CT molecular complexity index is 620. The molecule has 2 fully saturated rings. The summed E-state index contributed by atoms with van der Waals surface area (Å²) in [5.41, 5.74) is 1.07. The molecule has 2 aliphatic rings. The van der Waals surface area contributed by atoms with Crippen LogP contribution < -0.4 is 5.32 Å². The van der Waals surface area contributed by atoms with Gasteiger partial charge in [0.05, 0.1) is 6.54 Å². The van der Waals surface area contributed by atoms with Gasteiger partial charge in [-0.3, -0.25) is 19.4 Å². The molecule has 2 amide bonds. The fourth-order valence-electron chi connectivity index (χ4n) is 4.01. The Balaban J connectivity index is 1.64. The Labute approximate surface area is 162 Å². The SMILES string of the molecule is CC(C)NC(=O)CN1CCN(C(C(=O)N2CCCC2)c2ccccc2)CC1. The van der Waals surface area contributed by atoms with E-state index in [1.807, 2.05) is 36.9 Å². The van der Waals surface area contributed by atoms with Gasteiger partial charge in [-0.05, 0) is 32.3 Å². The van der Waals surface area contributed by atoms with E-state index >= 15 is 0 Å². The van der Waals surface area contributed by atoms with Gasteiger partial charge in [0.15, 0.2) is 0 Å². The van der Waals surface area contributed by atoms with Gasteiger partial charge in [0.2, 0.25) is 11.8 Å². The lowest BCUT2D eigenvalue weighted by molar-refractivity contribution is -0.137. The maximum Gasteiger partial charge on any atom is 0.244 e. The number of piperazine rings is 1. The highest BCUT2D eigenvalue weighted by atomic mass is 16.2. The van der Waals surface area contributed by atoms with Crippen LogP contribution in [0.2, 0.25) is 0 Å². The number of rotatable bonds is 6. The zero-order chi connectivity index (χ0) is 19.2. The molecular weight excluding hydrogens is 340 g/mol. The number of carbonyl (C=O) groups excluding carboxylic acids is 2. The Morgan fingerprint density at radius 2 is 1.59 bits per heavy atom. The number of amides is 2. The van der Waals surface area contributed by atoms with Crippen LogP contribution in [0, 0.1) is 0 Å². The maximum absolute atomic E-state index is 13.2. The second-order valence-corrected chi connectivity index (χ2v) is 7.88. The maximum atomic E-state index is 13.2. The van der Waals surface area contributed by atoms with E-state index in [4.69, 9.17) is 0 Å². The first-order chi connectivity index (χ1) is 13.0. The topological polar surface area (TPSA) is 55.9 Å². The van der Waals surface area contributed by atoms with Gasteiger partial charge in [-0.25, -0.2) is 0 Å². The predicted molar refractivity (Wildman–Crippen MR) is 106 cm³/mol. The molecule has 6 heteroatoms. The molecule has 1 N–H and O–H groups in total. The van der Waals surface area contributed by atoms with Crippen LogP contribution in [0.3, 0.4) is 0 Å². The van der Waals surface area contributed by atoms with Crippen molar-refractivity contribution >= 4 is 11.8 Å². The fourth-order valence-corrected chi connectivity index (χ4v) is 4.01. The average Bonchev–Trinajstić information content (AvgIpc) is 3.18. The van der Waals surface area contributed by atoms with E-state index in [1.165, 1.54) is 0 Å². The van der Waals surface area contributed by atoms with Crippen molar-refractivity contribution in [2.45, 2.75) is 38.8 Å². The van der Waals surface area contributed by atoms with Crippen molar-refractivity contribution in [3.05, 3.63) is 35.9 Å². The number of hydrogen-bond donors (Lipinski definition) is 1. The summed E-state index contributed by atoms with van der Waals surface area (Å²) in [6, 6.07) is 10.1. The molecule has 0 spiro atoms. The number of nitrogens with zero attached hydrogens (tertiary/aromatic N) is 3. The lowest BCUT2D eigenvalue weighted by atomic mass is 10.0. The lowest BCUT2D eigenvalue weighted by Gasteiger charge is -2.39. The molecule has 6 nitrogen and oxygen atoms in total. The predicted octanol–water partition coefficient (Wildman–Crippen LogP) is 1.49. The molecule has 2 saturated heterocycles. The van der Waals surface area contributed by atoms with Crippen LogP contribution in [0.15, 0.2) is 30.3 Å². The van der Waals surface area contributed by atoms with E-state index in [0.29, 0.717) is 6.54 Å². The number of nitrogens with one attached hydrogen (secondary N) is 1. The Morgan fingerprint density at radius 1 is 0.963 bits per heavy atom. The summed E-state index contributed by atoms with van der Waals surface area (Å²) in [7, 11) is 0. The van der Waals surface area contributed by atoms with Crippen molar-refractivity contribution in [2.24, 2.45) is 0 Å². The van der Waals surface area contributed by atoms with Crippen LogP contribution in [0.4, 0.5) is 0 Å². The first kappa shape index (κ1) is 19.8. The number of benzene rings is 1. The van der Waals surface area contributed by atoms with E-state index in [0.717, 1.165) is 57.7 Å². The molecule has 0 bridgehead atoms. The van der Waals surface area contributed by atoms with Gasteiger partial charge >= 0.3 is 0 Å². The first-order valence-corrected chi connectivity index (χ1v) is 10.1. The van der Waals surface area contributed by atoms with Crippen LogP contribution in [-0.4, -0.2) is 78.4 Å². The standard InChI is InChI=1S/C21H32N4O2/c1-17(2)22-19(26)16-23-12-14-24(15-13-23)20(18-8-4-3-5-9-18)21(27)25-10-6-7-11-25/h3-5,8-9,17,20H,6-7,10-16H2,1-2H3,(H,22,26). The number of carbonyl (C=O) groups is 2. The molecule has 2 heterocycles.